The molecule has 1 fully saturated rings. The number of nitrogens with zero attached hydrogens (tertiary/aromatic N) is 2. The van der Waals surface area contributed by atoms with Crippen molar-refractivity contribution in [1.82, 2.24) is 9.36 Å². The molecule has 2 aromatic heterocycles. The number of rotatable bonds is 4. The predicted octanol–water partition coefficient (Wildman–Crippen LogP) is 3.00. The number of nitrogens with two attached hydrogens (primary N) is 1. The Kier molecular flexibility index (Phi) is 4.18. The largest absolute Gasteiger partial charge is 0.382 e. The lowest BCUT2D eigenvalue weighted by atomic mass is 10.0. The molecule has 0 saturated carbocycles. The first-order chi connectivity index (χ1) is 9.74. The number of nitrogens with one attached hydrogen (secondary N) is 1. The third-order valence-corrected chi connectivity index (χ3v) is 4.99. The van der Waals surface area contributed by atoms with Crippen molar-refractivity contribution < 1.29 is 4.74 Å². The Balaban J connectivity index is 1.73. The van der Waals surface area contributed by atoms with E-state index in [4.69, 9.17) is 10.5 Å². The van der Waals surface area contributed by atoms with E-state index in [1.54, 1.807) is 11.3 Å². The molecule has 1 unspecified atom stereocenters. The Bertz CT molecular complexity index is 575. The second-order valence-electron chi connectivity index (χ2n) is 4.99. The summed E-state index contributed by atoms with van der Waals surface area (Å²) in [7, 11) is 0. The molecule has 0 aliphatic carbocycles. The van der Waals surface area contributed by atoms with Crippen molar-refractivity contribution in [2.24, 2.45) is 5.92 Å². The molecule has 3 N–H and O–H groups in total. The van der Waals surface area contributed by atoms with Gasteiger partial charge in [0.1, 0.15) is 10.8 Å². The summed E-state index contributed by atoms with van der Waals surface area (Å²) in [5, 5.41) is 7.56. The van der Waals surface area contributed by atoms with Crippen molar-refractivity contribution in [3.05, 3.63) is 10.4 Å². The van der Waals surface area contributed by atoms with Crippen molar-refractivity contribution >= 4 is 33.7 Å². The SMILES string of the molecule is Cc1nc(-c2c(N)nsc2NCC2CCCOC2)cs1. The van der Waals surface area contributed by atoms with Gasteiger partial charge in [0.25, 0.3) is 0 Å². The minimum absolute atomic E-state index is 0.558. The van der Waals surface area contributed by atoms with Gasteiger partial charge in [0.15, 0.2) is 0 Å². The van der Waals surface area contributed by atoms with Gasteiger partial charge in [-0.25, -0.2) is 4.98 Å². The summed E-state index contributed by atoms with van der Waals surface area (Å²) in [5.41, 5.74) is 7.85. The lowest BCUT2D eigenvalue weighted by Crippen LogP contribution is -2.24. The van der Waals surface area contributed by atoms with E-state index in [-0.39, 0.29) is 0 Å². The molecule has 2 aromatic rings. The van der Waals surface area contributed by atoms with Gasteiger partial charge in [0, 0.05) is 18.5 Å². The van der Waals surface area contributed by atoms with Crippen molar-refractivity contribution in [3.63, 3.8) is 0 Å². The molecular formula is C13H18N4OS2. The summed E-state index contributed by atoms with van der Waals surface area (Å²) >= 11 is 3.04. The van der Waals surface area contributed by atoms with Crippen molar-refractivity contribution in [2.75, 3.05) is 30.8 Å². The first-order valence-electron chi connectivity index (χ1n) is 6.73. The molecule has 0 aromatic carbocycles. The van der Waals surface area contributed by atoms with Crippen LogP contribution >= 0.6 is 22.9 Å². The van der Waals surface area contributed by atoms with E-state index >= 15 is 0 Å². The number of ether oxygens (including phenoxy) is 1. The lowest BCUT2D eigenvalue weighted by molar-refractivity contribution is 0.0595. The normalized spacial score (nSPS) is 19.1. The Morgan fingerprint density at radius 2 is 2.45 bits per heavy atom. The van der Waals surface area contributed by atoms with Gasteiger partial charge in [-0.2, -0.15) is 4.37 Å². The third-order valence-electron chi connectivity index (χ3n) is 3.40. The van der Waals surface area contributed by atoms with Gasteiger partial charge in [-0.15, -0.1) is 11.3 Å². The van der Waals surface area contributed by atoms with Gasteiger partial charge >= 0.3 is 0 Å². The van der Waals surface area contributed by atoms with E-state index in [0.717, 1.165) is 47.4 Å². The summed E-state index contributed by atoms with van der Waals surface area (Å²) < 4.78 is 9.76. The Labute approximate surface area is 126 Å². The average molecular weight is 310 g/mol. The van der Waals surface area contributed by atoms with Crippen molar-refractivity contribution in [3.8, 4) is 11.3 Å². The molecule has 0 bridgehead atoms. The van der Waals surface area contributed by atoms with Crippen LogP contribution in [0.1, 0.15) is 17.8 Å². The minimum atomic E-state index is 0.558. The second-order valence-corrected chi connectivity index (χ2v) is 6.82. The van der Waals surface area contributed by atoms with Gasteiger partial charge in [0.05, 0.1) is 22.9 Å². The Morgan fingerprint density at radius 1 is 1.55 bits per heavy atom. The van der Waals surface area contributed by atoms with E-state index in [9.17, 15) is 0 Å². The van der Waals surface area contributed by atoms with Crippen LogP contribution in [-0.2, 0) is 4.74 Å². The highest BCUT2D eigenvalue weighted by Gasteiger charge is 2.18. The maximum absolute atomic E-state index is 5.99. The first kappa shape index (κ1) is 13.8. The lowest BCUT2D eigenvalue weighted by Gasteiger charge is -2.22. The van der Waals surface area contributed by atoms with Crippen LogP contribution in [0.15, 0.2) is 5.38 Å². The van der Waals surface area contributed by atoms with Crippen LogP contribution in [-0.4, -0.2) is 29.1 Å². The van der Waals surface area contributed by atoms with E-state index in [2.05, 4.69) is 14.7 Å². The third kappa shape index (κ3) is 2.94. The summed E-state index contributed by atoms with van der Waals surface area (Å²) in [6.45, 7) is 4.63. The molecule has 0 amide bonds. The van der Waals surface area contributed by atoms with Crippen LogP contribution in [0.4, 0.5) is 10.8 Å². The molecule has 7 heteroatoms. The van der Waals surface area contributed by atoms with E-state index in [1.165, 1.54) is 18.0 Å². The average Bonchev–Trinajstić information content (AvgIpc) is 3.03. The van der Waals surface area contributed by atoms with Crippen LogP contribution in [0.5, 0.6) is 0 Å². The summed E-state index contributed by atoms with van der Waals surface area (Å²) in [6, 6.07) is 0. The maximum Gasteiger partial charge on any atom is 0.148 e. The molecule has 0 spiro atoms. The van der Waals surface area contributed by atoms with Crippen molar-refractivity contribution in [1.29, 1.82) is 0 Å². The van der Waals surface area contributed by atoms with E-state index in [0.29, 0.717) is 11.7 Å². The van der Waals surface area contributed by atoms with Gasteiger partial charge in [-0.1, -0.05) is 0 Å². The fourth-order valence-electron chi connectivity index (χ4n) is 2.35. The fourth-order valence-corrected chi connectivity index (χ4v) is 3.69. The standard InChI is InChI=1S/C13H18N4OS2/c1-8-16-10(7-19-8)11-12(14)17-20-13(11)15-5-9-3-2-4-18-6-9/h7,9,15H,2-6H2,1H3,(H2,14,17). The van der Waals surface area contributed by atoms with Gasteiger partial charge in [-0.3, -0.25) is 0 Å². The minimum Gasteiger partial charge on any atom is -0.382 e. The number of thiazole rings is 1. The molecule has 3 rings (SSSR count). The topological polar surface area (TPSA) is 73.1 Å². The number of aromatic nitrogens is 2. The quantitative estimate of drug-likeness (QED) is 0.908. The smallest absolute Gasteiger partial charge is 0.148 e. The Morgan fingerprint density at radius 3 is 3.15 bits per heavy atom. The molecule has 0 radical (unpaired) electrons. The molecule has 1 aliphatic heterocycles. The number of aryl methyl sites for hydroxylation is 1. The van der Waals surface area contributed by atoms with Gasteiger partial charge < -0.3 is 15.8 Å². The number of hydrogen-bond donors (Lipinski definition) is 2. The zero-order valence-corrected chi connectivity index (χ0v) is 13.0. The van der Waals surface area contributed by atoms with Crippen LogP contribution < -0.4 is 11.1 Å². The highest BCUT2D eigenvalue weighted by atomic mass is 32.1. The Hall–Kier alpha value is -1.18. The predicted molar refractivity (Wildman–Crippen MR) is 84.4 cm³/mol. The first-order valence-corrected chi connectivity index (χ1v) is 8.38. The zero-order chi connectivity index (χ0) is 13.9. The summed E-state index contributed by atoms with van der Waals surface area (Å²) in [4.78, 5) is 4.51. The number of hydrogen-bond acceptors (Lipinski definition) is 7. The highest BCUT2D eigenvalue weighted by molar-refractivity contribution is 7.11. The second kappa shape index (κ2) is 6.07. The van der Waals surface area contributed by atoms with Crippen LogP contribution in [0.25, 0.3) is 11.3 Å². The maximum atomic E-state index is 5.99. The molecule has 5 nitrogen and oxygen atoms in total. The monoisotopic (exact) mass is 310 g/mol. The van der Waals surface area contributed by atoms with Crippen LogP contribution in [0.3, 0.4) is 0 Å². The van der Waals surface area contributed by atoms with E-state index < -0.39 is 0 Å². The van der Waals surface area contributed by atoms with Crippen LogP contribution in [0, 0.1) is 12.8 Å². The molecule has 20 heavy (non-hydrogen) atoms. The molecule has 1 saturated heterocycles. The van der Waals surface area contributed by atoms with Gasteiger partial charge in [0.2, 0.25) is 0 Å². The molecule has 108 valence electrons. The van der Waals surface area contributed by atoms with Gasteiger partial charge in [-0.05, 0) is 37.2 Å². The van der Waals surface area contributed by atoms with Crippen LogP contribution in [0.2, 0.25) is 0 Å². The molecule has 3 heterocycles. The molecular weight excluding hydrogens is 292 g/mol. The number of nitrogen functional groups attached to an aromatic ring is 1. The fraction of sp³-hybridized carbons (Fsp3) is 0.538. The summed E-state index contributed by atoms with van der Waals surface area (Å²) in [5.74, 6) is 1.12. The van der Waals surface area contributed by atoms with E-state index in [1.807, 2.05) is 12.3 Å². The van der Waals surface area contributed by atoms with Crippen molar-refractivity contribution in [2.45, 2.75) is 19.8 Å². The molecule has 1 aliphatic rings. The summed E-state index contributed by atoms with van der Waals surface area (Å²) in [6.07, 6.45) is 2.36. The zero-order valence-electron chi connectivity index (χ0n) is 11.4. The number of anilines is 2. The highest BCUT2D eigenvalue weighted by Crippen LogP contribution is 2.37. The molecule has 1 atom stereocenters.